The first kappa shape index (κ1) is 10.5. The molecule has 3 heteroatoms. The average molecular weight is 206 g/mol. The van der Waals surface area contributed by atoms with E-state index < -0.39 is 0 Å². The molecule has 1 aliphatic heterocycles. The van der Waals surface area contributed by atoms with Gasteiger partial charge >= 0.3 is 0 Å². The van der Waals surface area contributed by atoms with Gasteiger partial charge in [-0.05, 0) is 25.5 Å². The van der Waals surface area contributed by atoms with Gasteiger partial charge in [-0.2, -0.15) is 0 Å². The Morgan fingerprint density at radius 3 is 3.00 bits per heavy atom. The van der Waals surface area contributed by atoms with E-state index in [1.54, 1.807) is 0 Å². The lowest BCUT2D eigenvalue weighted by Crippen LogP contribution is -2.29. The van der Waals surface area contributed by atoms with E-state index in [1.165, 1.54) is 12.8 Å². The third-order valence-corrected chi connectivity index (χ3v) is 2.89. The molecule has 0 bridgehead atoms. The summed E-state index contributed by atoms with van der Waals surface area (Å²) in [5.41, 5.74) is 2.02. The van der Waals surface area contributed by atoms with Gasteiger partial charge < -0.3 is 15.7 Å². The largest absolute Gasteiger partial charge is 0.392 e. The lowest BCUT2D eigenvalue weighted by Gasteiger charge is -2.14. The molecule has 2 rings (SSSR count). The Bertz CT molecular complexity index is 308. The van der Waals surface area contributed by atoms with Crippen molar-refractivity contribution in [2.24, 2.45) is 0 Å². The van der Waals surface area contributed by atoms with Gasteiger partial charge in [0.05, 0.1) is 6.61 Å². The van der Waals surface area contributed by atoms with Gasteiger partial charge in [0.2, 0.25) is 0 Å². The van der Waals surface area contributed by atoms with Crippen LogP contribution in [0.3, 0.4) is 0 Å². The summed E-state index contributed by atoms with van der Waals surface area (Å²) in [6.45, 7) is 2.17. The van der Waals surface area contributed by atoms with Crippen LogP contribution >= 0.6 is 0 Å². The summed E-state index contributed by atoms with van der Waals surface area (Å²) in [6, 6.07) is 8.48. The lowest BCUT2D eigenvalue weighted by atomic mass is 10.1. The Kier molecular flexibility index (Phi) is 3.59. The van der Waals surface area contributed by atoms with Gasteiger partial charge in [-0.25, -0.2) is 0 Å². The van der Waals surface area contributed by atoms with E-state index in [4.69, 9.17) is 5.11 Å². The highest BCUT2D eigenvalue weighted by Gasteiger charge is 2.13. The highest BCUT2D eigenvalue weighted by Crippen LogP contribution is 2.15. The smallest absolute Gasteiger partial charge is 0.0701 e. The van der Waals surface area contributed by atoms with Gasteiger partial charge in [-0.3, -0.25) is 0 Å². The molecule has 0 saturated carbocycles. The number of hydrogen-bond acceptors (Lipinski definition) is 3. The normalized spacial score (nSPS) is 20.5. The molecular formula is C12H18N2O. The van der Waals surface area contributed by atoms with Crippen molar-refractivity contribution in [2.45, 2.75) is 25.5 Å². The van der Waals surface area contributed by atoms with E-state index in [2.05, 4.69) is 10.6 Å². The Labute approximate surface area is 90.5 Å². The first-order valence-electron chi connectivity index (χ1n) is 5.56. The van der Waals surface area contributed by atoms with Crippen molar-refractivity contribution < 1.29 is 5.11 Å². The Morgan fingerprint density at radius 2 is 2.27 bits per heavy atom. The van der Waals surface area contributed by atoms with Crippen LogP contribution in [0.4, 0.5) is 5.69 Å². The molecule has 1 atom stereocenters. The van der Waals surface area contributed by atoms with Gasteiger partial charge in [0.25, 0.3) is 0 Å². The van der Waals surface area contributed by atoms with Crippen LogP contribution in [0.1, 0.15) is 18.4 Å². The summed E-state index contributed by atoms with van der Waals surface area (Å²) in [5, 5.41) is 16.0. The third-order valence-electron chi connectivity index (χ3n) is 2.89. The molecule has 0 aromatic heterocycles. The summed E-state index contributed by atoms with van der Waals surface area (Å²) in [7, 11) is 0. The Balaban J connectivity index is 1.91. The minimum absolute atomic E-state index is 0.0985. The van der Waals surface area contributed by atoms with Crippen LogP contribution in [0.15, 0.2) is 24.3 Å². The first-order valence-corrected chi connectivity index (χ1v) is 5.56. The van der Waals surface area contributed by atoms with E-state index in [-0.39, 0.29) is 6.61 Å². The molecule has 1 unspecified atom stereocenters. The molecule has 1 aromatic rings. The van der Waals surface area contributed by atoms with Crippen LogP contribution in [0.2, 0.25) is 0 Å². The maximum atomic E-state index is 9.15. The minimum atomic E-state index is 0.0985. The molecule has 15 heavy (non-hydrogen) atoms. The van der Waals surface area contributed by atoms with Crippen LogP contribution in [-0.2, 0) is 6.61 Å². The van der Waals surface area contributed by atoms with E-state index in [1.807, 2.05) is 24.3 Å². The number of anilines is 1. The highest BCUT2D eigenvalue weighted by atomic mass is 16.3. The number of aliphatic hydroxyl groups is 1. The summed E-state index contributed by atoms with van der Waals surface area (Å²) in [5.74, 6) is 0. The monoisotopic (exact) mass is 206 g/mol. The molecule has 3 N–H and O–H groups in total. The fraction of sp³-hybridized carbons (Fsp3) is 0.500. The molecule has 0 aliphatic carbocycles. The zero-order chi connectivity index (χ0) is 10.5. The predicted molar refractivity (Wildman–Crippen MR) is 61.9 cm³/mol. The molecule has 82 valence electrons. The molecule has 1 aromatic carbocycles. The number of benzene rings is 1. The van der Waals surface area contributed by atoms with Crippen molar-refractivity contribution in [3.05, 3.63) is 29.8 Å². The summed E-state index contributed by atoms with van der Waals surface area (Å²) >= 11 is 0. The number of rotatable bonds is 4. The van der Waals surface area contributed by atoms with Gasteiger partial charge in [0.1, 0.15) is 0 Å². The lowest BCUT2D eigenvalue weighted by molar-refractivity contribution is 0.282. The maximum absolute atomic E-state index is 9.15. The average Bonchev–Trinajstić information content (AvgIpc) is 2.79. The maximum Gasteiger partial charge on any atom is 0.0701 e. The highest BCUT2D eigenvalue weighted by molar-refractivity contribution is 5.50. The van der Waals surface area contributed by atoms with Crippen LogP contribution in [0.5, 0.6) is 0 Å². The van der Waals surface area contributed by atoms with Crippen LogP contribution in [-0.4, -0.2) is 24.2 Å². The van der Waals surface area contributed by atoms with Crippen molar-refractivity contribution in [1.29, 1.82) is 0 Å². The van der Waals surface area contributed by atoms with Crippen molar-refractivity contribution >= 4 is 5.69 Å². The Morgan fingerprint density at radius 1 is 1.40 bits per heavy atom. The molecule has 3 nitrogen and oxygen atoms in total. The van der Waals surface area contributed by atoms with Gasteiger partial charge in [0.15, 0.2) is 0 Å². The molecule has 0 spiro atoms. The number of aliphatic hydroxyl groups excluding tert-OH is 1. The van der Waals surface area contributed by atoms with Crippen molar-refractivity contribution in [2.75, 3.05) is 18.4 Å². The summed E-state index contributed by atoms with van der Waals surface area (Å²) in [6.07, 6.45) is 2.52. The molecule has 1 saturated heterocycles. The zero-order valence-electron chi connectivity index (χ0n) is 8.87. The van der Waals surface area contributed by atoms with Gasteiger partial charge in [-0.1, -0.05) is 18.2 Å². The first-order chi connectivity index (χ1) is 7.40. The SMILES string of the molecule is OCc1ccccc1NCC1CCCN1. The third kappa shape index (κ3) is 2.70. The molecule has 1 fully saturated rings. The van der Waals surface area contributed by atoms with E-state index in [0.717, 1.165) is 24.3 Å². The fourth-order valence-corrected chi connectivity index (χ4v) is 1.99. The Hall–Kier alpha value is -1.06. The van der Waals surface area contributed by atoms with Crippen molar-refractivity contribution in [1.82, 2.24) is 5.32 Å². The van der Waals surface area contributed by atoms with E-state index >= 15 is 0 Å². The quantitative estimate of drug-likeness (QED) is 0.696. The second-order valence-corrected chi connectivity index (χ2v) is 3.99. The van der Waals surface area contributed by atoms with Crippen LogP contribution < -0.4 is 10.6 Å². The van der Waals surface area contributed by atoms with Crippen LogP contribution in [0, 0.1) is 0 Å². The van der Waals surface area contributed by atoms with Crippen LogP contribution in [0.25, 0.3) is 0 Å². The molecule has 0 radical (unpaired) electrons. The second kappa shape index (κ2) is 5.14. The zero-order valence-corrected chi connectivity index (χ0v) is 8.87. The van der Waals surface area contributed by atoms with E-state index in [9.17, 15) is 0 Å². The number of para-hydroxylation sites is 1. The van der Waals surface area contributed by atoms with Crippen molar-refractivity contribution in [3.63, 3.8) is 0 Å². The molecular weight excluding hydrogens is 188 g/mol. The number of hydrogen-bond donors (Lipinski definition) is 3. The molecule has 1 heterocycles. The fourth-order valence-electron chi connectivity index (χ4n) is 1.99. The summed E-state index contributed by atoms with van der Waals surface area (Å²) in [4.78, 5) is 0. The molecule has 1 aliphatic rings. The predicted octanol–water partition coefficient (Wildman–Crippen LogP) is 1.34. The topological polar surface area (TPSA) is 44.3 Å². The van der Waals surface area contributed by atoms with E-state index in [0.29, 0.717) is 6.04 Å². The molecule has 0 amide bonds. The minimum Gasteiger partial charge on any atom is -0.392 e. The van der Waals surface area contributed by atoms with Gasteiger partial charge in [-0.15, -0.1) is 0 Å². The van der Waals surface area contributed by atoms with Gasteiger partial charge in [0, 0.05) is 23.8 Å². The standard InChI is InChI=1S/C12H18N2O/c15-9-10-4-1-2-6-12(10)14-8-11-5-3-7-13-11/h1-2,4,6,11,13-15H,3,5,7-9H2. The number of nitrogens with one attached hydrogen (secondary N) is 2. The van der Waals surface area contributed by atoms with Crippen molar-refractivity contribution in [3.8, 4) is 0 Å². The second-order valence-electron chi connectivity index (χ2n) is 3.99. The summed E-state index contributed by atoms with van der Waals surface area (Å²) < 4.78 is 0.